The number of nitrogens with zero attached hydrogens (tertiary/aromatic N) is 2. The van der Waals surface area contributed by atoms with Gasteiger partial charge in [0.25, 0.3) is 5.91 Å². The maximum atomic E-state index is 14.3. The minimum Gasteiger partial charge on any atom is -0.493 e. The summed E-state index contributed by atoms with van der Waals surface area (Å²) in [5.41, 5.74) is 3.23. The molecule has 0 saturated heterocycles. The van der Waals surface area contributed by atoms with Gasteiger partial charge in [0, 0.05) is 29.8 Å². The number of halogens is 1. The van der Waals surface area contributed by atoms with Crippen molar-refractivity contribution < 1.29 is 18.7 Å². The van der Waals surface area contributed by atoms with Crippen LogP contribution < -0.4 is 15.4 Å². The molecule has 196 valence electrons. The Kier molecular flexibility index (Phi) is 7.13. The fourth-order valence-electron chi connectivity index (χ4n) is 5.22. The lowest BCUT2D eigenvalue weighted by atomic mass is 9.82. The van der Waals surface area contributed by atoms with Gasteiger partial charge in [-0.1, -0.05) is 13.8 Å². The third kappa shape index (κ3) is 5.45. The number of ether oxygens (including phenoxy) is 1. The number of carbonyl (C=O) groups is 2. The van der Waals surface area contributed by atoms with Crippen LogP contribution in [0.5, 0.6) is 5.75 Å². The van der Waals surface area contributed by atoms with Crippen LogP contribution in [0.3, 0.4) is 0 Å². The van der Waals surface area contributed by atoms with Gasteiger partial charge in [0.15, 0.2) is 0 Å². The number of hydrogen-bond acceptors (Lipinski definition) is 5. The van der Waals surface area contributed by atoms with Crippen molar-refractivity contribution in [3.63, 3.8) is 0 Å². The van der Waals surface area contributed by atoms with Crippen molar-refractivity contribution in [1.82, 2.24) is 25.6 Å². The molecule has 3 atom stereocenters. The number of aromatic nitrogens is 3. The third-order valence-corrected chi connectivity index (χ3v) is 7.54. The summed E-state index contributed by atoms with van der Waals surface area (Å²) >= 11 is 0. The molecule has 3 N–H and O–H groups in total. The van der Waals surface area contributed by atoms with Crippen LogP contribution >= 0.6 is 0 Å². The molecule has 8 nitrogen and oxygen atoms in total. The van der Waals surface area contributed by atoms with E-state index in [-0.39, 0.29) is 35.6 Å². The monoisotopic (exact) mass is 507 g/mol. The molecule has 9 heteroatoms. The van der Waals surface area contributed by atoms with Crippen LogP contribution in [0.4, 0.5) is 4.39 Å². The zero-order valence-electron chi connectivity index (χ0n) is 21.6. The molecule has 37 heavy (non-hydrogen) atoms. The molecular weight excluding hydrogens is 473 g/mol. The number of rotatable bonds is 8. The summed E-state index contributed by atoms with van der Waals surface area (Å²) < 4.78 is 20.3. The van der Waals surface area contributed by atoms with Crippen molar-refractivity contribution in [1.29, 1.82) is 0 Å². The van der Waals surface area contributed by atoms with E-state index in [9.17, 15) is 14.0 Å². The van der Waals surface area contributed by atoms with E-state index in [2.05, 4.69) is 32.5 Å². The quantitative estimate of drug-likeness (QED) is 0.410. The Morgan fingerprint density at radius 1 is 1.16 bits per heavy atom. The summed E-state index contributed by atoms with van der Waals surface area (Å²) in [5.74, 6) is 0.796. The molecule has 2 aliphatic rings. The third-order valence-electron chi connectivity index (χ3n) is 7.54. The van der Waals surface area contributed by atoms with Crippen molar-refractivity contribution in [2.45, 2.75) is 71.4 Å². The average Bonchev–Trinajstić information content (AvgIpc) is 3.64. The second-order valence-corrected chi connectivity index (χ2v) is 10.5. The van der Waals surface area contributed by atoms with E-state index in [1.807, 2.05) is 13.8 Å². The van der Waals surface area contributed by atoms with Crippen molar-refractivity contribution in [2.24, 2.45) is 11.8 Å². The van der Waals surface area contributed by atoms with E-state index < -0.39 is 0 Å². The zero-order chi connectivity index (χ0) is 26.1. The first-order valence-corrected chi connectivity index (χ1v) is 13.2. The van der Waals surface area contributed by atoms with E-state index >= 15 is 0 Å². The minimum absolute atomic E-state index is 0.00131. The van der Waals surface area contributed by atoms with Crippen LogP contribution in [0.1, 0.15) is 68.4 Å². The van der Waals surface area contributed by atoms with Gasteiger partial charge in [-0.05, 0) is 69.1 Å². The number of carbonyl (C=O) groups excluding carboxylic acids is 2. The number of aryl methyl sites for hydroxylation is 1. The lowest BCUT2D eigenvalue weighted by Crippen LogP contribution is -2.48. The van der Waals surface area contributed by atoms with Gasteiger partial charge in [-0.3, -0.25) is 9.59 Å². The summed E-state index contributed by atoms with van der Waals surface area (Å²) in [5, 5.41) is 6.27. The predicted octanol–water partition coefficient (Wildman–Crippen LogP) is 4.67. The average molecular weight is 508 g/mol. The van der Waals surface area contributed by atoms with Gasteiger partial charge in [-0.2, -0.15) is 0 Å². The van der Waals surface area contributed by atoms with E-state index in [0.29, 0.717) is 58.2 Å². The highest BCUT2D eigenvalue weighted by Crippen LogP contribution is 2.37. The Bertz CT molecular complexity index is 1320. The molecule has 5 rings (SSSR count). The van der Waals surface area contributed by atoms with E-state index in [0.717, 1.165) is 32.1 Å². The molecular formula is C28H34FN5O3. The van der Waals surface area contributed by atoms with Gasteiger partial charge < -0.3 is 20.4 Å². The van der Waals surface area contributed by atoms with Crippen molar-refractivity contribution >= 4 is 22.8 Å². The van der Waals surface area contributed by atoms with Gasteiger partial charge in [0.2, 0.25) is 5.91 Å². The van der Waals surface area contributed by atoms with Gasteiger partial charge in [0.05, 0.1) is 17.7 Å². The van der Waals surface area contributed by atoms with Crippen molar-refractivity contribution in [3.05, 3.63) is 41.6 Å². The summed E-state index contributed by atoms with van der Waals surface area (Å²) in [4.78, 5) is 37.4. The Morgan fingerprint density at radius 2 is 1.97 bits per heavy atom. The molecule has 1 aromatic carbocycles. The number of fused-ring (bicyclic) bond motifs is 1. The number of amides is 2. The molecule has 2 saturated carbocycles. The van der Waals surface area contributed by atoms with Gasteiger partial charge in [-0.15, -0.1) is 0 Å². The number of hydrogen-bond donors (Lipinski definition) is 3. The smallest absolute Gasteiger partial charge is 0.255 e. The van der Waals surface area contributed by atoms with Crippen LogP contribution in [0.25, 0.3) is 22.3 Å². The van der Waals surface area contributed by atoms with Crippen molar-refractivity contribution in [3.8, 4) is 17.0 Å². The van der Waals surface area contributed by atoms with Crippen LogP contribution in [-0.2, 0) is 4.79 Å². The Morgan fingerprint density at radius 3 is 2.70 bits per heavy atom. The first kappa shape index (κ1) is 25.2. The number of aromatic amines is 1. The van der Waals surface area contributed by atoms with E-state index in [1.165, 1.54) is 18.5 Å². The Balaban J connectivity index is 1.39. The molecule has 2 fully saturated rings. The summed E-state index contributed by atoms with van der Waals surface area (Å²) in [6.45, 7) is 6.37. The Hall–Kier alpha value is -3.49. The Labute approximate surface area is 215 Å². The second-order valence-electron chi connectivity index (χ2n) is 10.5. The molecule has 0 spiro atoms. The first-order valence-electron chi connectivity index (χ1n) is 13.2. The predicted molar refractivity (Wildman–Crippen MR) is 139 cm³/mol. The highest BCUT2D eigenvalue weighted by atomic mass is 19.1. The number of benzene rings is 1. The fraction of sp³-hybridized carbons (Fsp3) is 0.500. The molecule has 0 aliphatic heterocycles. The number of nitrogens with one attached hydrogen (secondary N) is 3. The lowest BCUT2D eigenvalue weighted by Gasteiger charge is -2.35. The first-order chi connectivity index (χ1) is 17.8. The second kappa shape index (κ2) is 10.5. The zero-order valence-corrected chi connectivity index (χ0v) is 21.6. The summed E-state index contributed by atoms with van der Waals surface area (Å²) in [6, 6.07) is 4.57. The molecule has 0 bridgehead atoms. The van der Waals surface area contributed by atoms with Gasteiger partial charge in [-0.25, -0.2) is 14.4 Å². The summed E-state index contributed by atoms with van der Waals surface area (Å²) in [7, 11) is 0. The molecule has 3 aromatic rings. The molecule has 2 aromatic heterocycles. The highest BCUT2D eigenvalue weighted by molar-refractivity contribution is 6.09. The van der Waals surface area contributed by atoms with Crippen molar-refractivity contribution in [2.75, 3.05) is 6.61 Å². The molecule has 0 radical (unpaired) electrons. The van der Waals surface area contributed by atoms with E-state index in [1.54, 1.807) is 6.07 Å². The van der Waals surface area contributed by atoms with Gasteiger partial charge in [0.1, 0.15) is 29.1 Å². The van der Waals surface area contributed by atoms with E-state index in [4.69, 9.17) is 4.74 Å². The maximum Gasteiger partial charge on any atom is 0.255 e. The van der Waals surface area contributed by atoms with Crippen LogP contribution in [0.2, 0.25) is 0 Å². The molecule has 2 heterocycles. The highest BCUT2D eigenvalue weighted by Gasteiger charge is 2.31. The normalized spacial score (nSPS) is 21.6. The van der Waals surface area contributed by atoms with Gasteiger partial charge >= 0.3 is 0 Å². The number of H-pyrrole nitrogens is 1. The lowest BCUT2D eigenvalue weighted by molar-refractivity contribution is -0.121. The summed E-state index contributed by atoms with van der Waals surface area (Å²) in [6.07, 6.45) is 6.60. The fourth-order valence-corrected chi connectivity index (χ4v) is 5.22. The van der Waals surface area contributed by atoms with Crippen LogP contribution in [0.15, 0.2) is 24.5 Å². The van der Waals surface area contributed by atoms with Crippen LogP contribution in [-0.4, -0.2) is 45.5 Å². The molecule has 2 amide bonds. The molecule has 3 unspecified atom stereocenters. The largest absolute Gasteiger partial charge is 0.493 e. The SMILES string of the molecule is CCC(=O)NC1CCC(NC(=O)c2c(C)[nH]c3c(-c4cc(F)ccc4OCC4CC4)ncnc23)C(C)C1. The topological polar surface area (TPSA) is 109 Å². The minimum atomic E-state index is -0.388. The maximum absolute atomic E-state index is 14.3. The standard InChI is InChI=1S/C28H34FN5O3/c1-4-23(35)33-19-8-9-21(15(2)11-19)34-28(36)24-16(3)32-27-25(30-14-31-26(24)27)20-12-18(29)7-10-22(20)37-13-17-5-6-17/h7,10,12,14-15,17,19,21,32H,4-6,8-9,11,13H2,1-3H3,(H,33,35)(H,34,36). The molecule has 2 aliphatic carbocycles. The van der Waals surface area contributed by atoms with Crippen LogP contribution in [0, 0.1) is 24.6 Å².